The second-order valence-electron chi connectivity index (χ2n) is 5.11. The van der Waals surface area contributed by atoms with Crippen LogP contribution in [0.25, 0.3) is 0 Å². The van der Waals surface area contributed by atoms with Gasteiger partial charge in [0.2, 0.25) is 5.95 Å². The summed E-state index contributed by atoms with van der Waals surface area (Å²) < 4.78 is 10.2. The average molecular weight is 341 g/mol. The van der Waals surface area contributed by atoms with Crippen LogP contribution in [0.3, 0.4) is 0 Å². The average Bonchev–Trinajstić information content (AvgIpc) is 3.02. The molecule has 2 heterocycles. The van der Waals surface area contributed by atoms with Gasteiger partial charge in [-0.25, -0.2) is 10.1 Å². The Morgan fingerprint density at radius 2 is 2.00 bits per heavy atom. The van der Waals surface area contributed by atoms with Gasteiger partial charge in [0, 0.05) is 0 Å². The molecular weight excluding hydrogens is 326 g/mol. The lowest BCUT2D eigenvalue weighted by Crippen LogP contribution is -2.15. The number of aromatic amines is 1. The van der Waals surface area contributed by atoms with Crippen LogP contribution in [0.2, 0.25) is 0 Å². The zero-order chi connectivity index (χ0) is 17.6. The summed E-state index contributed by atoms with van der Waals surface area (Å²) in [6.07, 6.45) is 1.58. The number of anilines is 1. The Morgan fingerprint density at radius 3 is 2.68 bits per heavy atom. The van der Waals surface area contributed by atoms with E-state index in [0.717, 1.165) is 5.56 Å². The molecule has 0 aliphatic carbocycles. The molecule has 0 aliphatic rings. The summed E-state index contributed by atoms with van der Waals surface area (Å²) in [7, 11) is 0. The van der Waals surface area contributed by atoms with Crippen molar-refractivity contribution in [1.82, 2.24) is 25.5 Å². The minimum absolute atomic E-state index is 0.170. The summed E-state index contributed by atoms with van der Waals surface area (Å²) in [6, 6.07) is 7.27. The van der Waals surface area contributed by atoms with Crippen LogP contribution in [0.15, 0.2) is 38.8 Å². The van der Waals surface area contributed by atoms with Gasteiger partial charge in [-0.15, -0.1) is 10.2 Å². The molecule has 0 bridgehead atoms. The molecule has 0 saturated heterocycles. The normalized spacial score (nSPS) is 11.0. The number of ether oxygens (including phenoxy) is 1. The highest BCUT2D eigenvalue weighted by atomic mass is 16.6. The molecule has 25 heavy (non-hydrogen) atoms. The predicted octanol–water partition coefficient (Wildman–Crippen LogP) is 1.19. The molecule has 0 unspecified atom stereocenters. The van der Waals surface area contributed by atoms with Gasteiger partial charge >= 0.3 is 0 Å². The minimum atomic E-state index is -0.313. The quantitative estimate of drug-likeness (QED) is 0.505. The van der Waals surface area contributed by atoms with Crippen molar-refractivity contribution >= 4 is 12.2 Å². The summed E-state index contributed by atoms with van der Waals surface area (Å²) in [6.45, 7) is 3.65. The van der Waals surface area contributed by atoms with Gasteiger partial charge in [-0.2, -0.15) is 5.10 Å². The molecule has 128 valence electrons. The van der Waals surface area contributed by atoms with Gasteiger partial charge in [0.1, 0.15) is 29.4 Å². The molecule has 0 amide bonds. The molecule has 0 fully saturated rings. The molecule has 10 nitrogen and oxygen atoms in total. The number of aromatic nitrogens is 5. The Balaban J connectivity index is 1.55. The van der Waals surface area contributed by atoms with E-state index in [4.69, 9.17) is 4.74 Å². The smallest absolute Gasteiger partial charge is 0.274 e. The monoisotopic (exact) mass is 341 g/mol. The molecule has 3 aromatic rings. The highest BCUT2D eigenvalue weighted by molar-refractivity contribution is 5.80. The largest absolute Gasteiger partial charge is 0.487 e. The first-order chi connectivity index (χ1) is 12.1. The minimum Gasteiger partial charge on any atom is -0.487 e. The number of nitrogens with zero attached hydrogens (tertiary/aromatic N) is 5. The van der Waals surface area contributed by atoms with Crippen LogP contribution in [0.4, 0.5) is 5.95 Å². The standard InChI is InChI=1S/C15H15N7O3/c1-9-13(22-25-21-9)8-24-12-5-3-11(4-6-12)7-16-19-15-17-14(23)10(2)18-20-15/h3-7H,8H2,1-2H3,(H2,17,19,20,23)/b16-7+. The van der Waals surface area contributed by atoms with Crippen molar-refractivity contribution in [2.75, 3.05) is 5.43 Å². The second kappa shape index (κ2) is 7.34. The fourth-order valence-corrected chi connectivity index (χ4v) is 1.79. The zero-order valence-corrected chi connectivity index (χ0v) is 13.6. The maximum Gasteiger partial charge on any atom is 0.274 e. The van der Waals surface area contributed by atoms with Crippen molar-refractivity contribution < 1.29 is 9.37 Å². The number of hydrogen-bond acceptors (Lipinski definition) is 9. The van der Waals surface area contributed by atoms with Crippen molar-refractivity contribution in [2.24, 2.45) is 5.10 Å². The maximum absolute atomic E-state index is 11.4. The van der Waals surface area contributed by atoms with Crippen LogP contribution in [0.5, 0.6) is 5.75 Å². The van der Waals surface area contributed by atoms with E-state index < -0.39 is 0 Å². The van der Waals surface area contributed by atoms with Gasteiger partial charge in [-0.3, -0.25) is 9.78 Å². The summed E-state index contributed by atoms with van der Waals surface area (Å²) in [5.74, 6) is 0.852. The summed E-state index contributed by atoms with van der Waals surface area (Å²) >= 11 is 0. The van der Waals surface area contributed by atoms with Crippen LogP contribution < -0.4 is 15.7 Å². The number of hydrogen-bond donors (Lipinski definition) is 2. The maximum atomic E-state index is 11.4. The van der Waals surface area contributed by atoms with Crippen LogP contribution in [-0.2, 0) is 6.61 Å². The fourth-order valence-electron chi connectivity index (χ4n) is 1.79. The van der Waals surface area contributed by atoms with Crippen molar-refractivity contribution in [3.05, 3.63) is 57.3 Å². The topological polar surface area (TPSA) is 131 Å². The molecule has 0 saturated carbocycles. The highest BCUT2D eigenvalue weighted by Gasteiger charge is 2.05. The Morgan fingerprint density at radius 1 is 1.20 bits per heavy atom. The zero-order valence-electron chi connectivity index (χ0n) is 13.6. The van der Waals surface area contributed by atoms with Crippen LogP contribution in [0.1, 0.15) is 22.6 Å². The predicted molar refractivity (Wildman–Crippen MR) is 88.4 cm³/mol. The Kier molecular flexibility index (Phi) is 4.79. The van der Waals surface area contributed by atoms with Gasteiger partial charge in [0.05, 0.1) is 6.21 Å². The molecule has 0 radical (unpaired) electrons. The van der Waals surface area contributed by atoms with Crippen LogP contribution in [-0.4, -0.2) is 31.7 Å². The van der Waals surface area contributed by atoms with Crippen molar-refractivity contribution in [1.29, 1.82) is 0 Å². The molecule has 0 atom stereocenters. The van der Waals surface area contributed by atoms with Crippen molar-refractivity contribution in [3.8, 4) is 5.75 Å². The van der Waals surface area contributed by atoms with Crippen molar-refractivity contribution in [3.63, 3.8) is 0 Å². The lowest BCUT2D eigenvalue weighted by molar-refractivity contribution is 0.270. The number of aryl methyl sites for hydroxylation is 2. The molecule has 2 aromatic heterocycles. The number of hydrazone groups is 1. The van der Waals surface area contributed by atoms with Crippen molar-refractivity contribution in [2.45, 2.75) is 20.5 Å². The van der Waals surface area contributed by atoms with Gasteiger partial charge in [0.25, 0.3) is 5.56 Å². The third-order valence-corrected chi connectivity index (χ3v) is 3.25. The highest BCUT2D eigenvalue weighted by Crippen LogP contribution is 2.13. The molecule has 10 heteroatoms. The van der Waals surface area contributed by atoms with Gasteiger partial charge in [0.15, 0.2) is 0 Å². The van der Waals surface area contributed by atoms with Gasteiger partial charge < -0.3 is 4.74 Å². The van der Waals surface area contributed by atoms with E-state index in [1.54, 1.807) is 32.2 Å². The van der Waals surface area contributed by atoms with E-state index in [1.807, 2.05) is 12.1 Å². The van der Waals surface area contributed by atoms with E-state index in [-0.39, 0.29) is 18.1 Å². The fraction of sp³-hybridized carbons (Fsp3) is 0.200. The lowest BCUT2D eigenvalue weighted by Gasteiger charge is -2.04. The molecule has 3 rings (SSSR count). The van der Waals surface area contributed by atoms with E-state index in [1.165, 1.54) is 0 Å². The van der Waals surface area contributed by atoms with Crippen LogP contribution >= 0.6 is 0 Å². The summed E-state index contributed by atoms with van der Waals surface area (Å²) in [4.78, 5) is 13.9. The molecule has 0 aliphatic heterocycles. The molecule has 2 N–H and O–H groups in total. The van der Waals surface area contributed by atoms with E-state index >= 15 is 0 Å². The molecule has 0 spiro atoms. The number of nitrogens with one attached hydrogen (secondary N) is 2. The van der Waals surface area contributed by atoms with E-state index in [2.05, 4.69) is 40.7 Å². The third kappa shape index (κ3) is 4.25. The van der Waals surface area contributed by atoms with E-state index in [9.17, 15) is 4.79 Å². The van der Waals surface area contributed by atoms with Crippen LogP contribution in [0, 0.1) is 13.8 Å². The van der Waals surface area contributed by atoms with Gasteiger partial charge in [-0.05, 0) is 43.7 Å². The molecule has 1 aromatic carbocycles. The lowest BCUT2D eigenvalue weighted by atomic mass is 10.2. The third-order valence-electron chi connectivity index (χ3n) is 3.25. The first-order valence-electron chi connectivity index (χ1n) is 7.35. The SMILES string of the molecule is Cc1nonc1COc1ccc(/C=N/Nc2nnc(C)c(=O)[nH]2)cc1. The van der Waals surface area contributed by atoms with Gasteiger partial charge in [-0.1, -0.05) is 10.3 Å². The Labute approximate surface area is 141 Å². The van der Waals surface area contributed by atoms with E-state index in [0.29, 0.717) is 22.8 Å². The first kappa shape index (κ1) is 16.3. The molecular formula is C15H15N7O3. The summed E-state index contributed by atoms with van der Waals surface area (Å²) in [5.41, 5.74) is 4.78. The number of benzene rings is 1. The number of rotatable bonds is 6. The first-order valence-corrected chi connectivity index (χ1v) is 7.35. The summed E-state index contributed by atoms with van der Waals surface area (Å²) in [5, 5.41) is 18.9. The Bertz CT molecular complexity index is 931. The Hall–Kier alpha value is -3.56. The second-order valence-corrected chi connectivity index (χ2v) is 5.11. The number of H-pyrrole nitrogens is 1.